The first-order valence-electron chi connectivity index (χ1n) is 12.4. The molecule has 2 aromatic carbocycles. The molecule has 2 N–H and O–H groups in total. The van der Waals surface area contributed by atoms with Gasteiger partial charge in [0.05, 0.1) is 22.5 Å². The molecule has 41 heavy (non-hydrogen) atoms. The third-order valence-electron chi connectivity index (χ3n) is 6.08. The summed E-state index contributed by atoms with van der Waals surface area (Å²) >= 11 is 2.17. The van der Waals surface area contributed by atoms with E-state index in [0.29, 0.717) is 34.7 Å². The van der Waals surface area contributed by atoms with Crippen molar-refractivity contribution in [1.82, 2.24) is 14.9 Å². The molecule has 0 fully saturated rings. The maximum atomic E-state index is 13.3. The van der Waals surface area contributed by atoms with E-state index < -0.39 is 17.6 Å². The molecule has 0 spiro atoms. The number of hydrogen-bond acceptors (Lipinski definition) is 8. The Kier molecular flexibility index (Phi) is 8.49. The zero-order chi connectivity index (χ0) is 29.0. The number of nitrogens with one attached hydrogen (secondary N) is 2. The fourth-order valence-corrected chi connectivity index (χ4v) is 5.73. The molecule has 4 aromatic rings. The van der Waals surface area contributed by atoms with Gasteiger partial charge in [-0.25, -0.2) is 4.98 Å². The Morgan fingerprint density at radius 2 is 1.88 bits per heavy atom. The highest BCUT2D eigenvalue weighted by molar-refractivity contribution is 7.99. The van der Waals surface area contributed by atoms with Gasteiger partial charge in [-0.3, -0.25) is 19.0 Å². The lowest BCUT2D eigenvalue weighted by atomic mass is 10.1. The summed E-state index contributed by atoms with van der Waals surface area (Å²) < 4.78 is 52.3. The number of thioether (sulfide) groups is 1. The van der Waals surface area contributed by atoms with Crippen molar-refractivity contribution in [2.75, 3.05) is 17.9 Å². The third-order valence-corrected chi connectivity index (χ3v) is 7.95. The van der Waals surface area contributed by atoms with Gasteiger partial charge in [-0.15, -0.1) is 11.3 Å². The van der Waals surface area contributed by atoms with Crippen molar-refractivity contribution < 1.29 is 32.2 Å². The number of alkyl halides is 3. The second-order valence-electron chi connectivity index (χ2n) is 8.93. The normalized spacial score (nSPS) is 12.5. The number of para-hydroxylation sites is 1. The molecule has 2 amide bonds. The molecule has 0 radical (unpaired) electrons. The Labute approximate surface area is 239 Å². The minimum Gasteiger partial charge on any atom is -0.454 e. The number of thiophene rings is 1. The lowest BCUT2D eigenvalue weighted by Gasteiger charge is -2.14. The summed E-state index contributed by atoms with van der Waals surface area (Å²) in [7, 11) is 0. The number of benzene rings is 2. The second kappa shape index (κ2) is 12.2. The van der Waals surface area contributed by atoms with E-state index >= 15 is 0 Å². The van der Waals surface area contributed by atoms with Crippen LogP contribution in [0.15, 0.2) is 63.9 Å². The smallest absolute Gasteiger partial charge is 0.418 e. The minimum atomic E-state index is -4.63. The average Bonchev–Trinajstić information content (AvgIpc) is 3.61. The van der Waals surface area contributed by atoms with E-state index in [0.717, 1.165) is 23.4 Å². The van der Waals surface area contributed by atoms with E-state index in [1.54, 1.807) is 23.6 Å². The number of halogens is 3. The minimum absolute atomic E-state index is 0.137. The Balaban J connectivity index is 1.20. The van der Waals surface area contributed by atoms with Gasteiger partial charge >= 0.3 is 6.18 Å². The standard InChI is InChI=1S/C27H23F3N4O5S2/c28-27(29,30)17-4-1-2-5-18(17)32-23(36)14-41-26-33-19-9-11-40-24(19)25(37)34(26)10-3-6-22(35)31-13-16-7-8-20-21(12-16)39-15-38-20/h1-2,4-5,7-9,11-12H,3,6,10,13-15H2,(H,31,35)(H,32,36). The first kappa shape index (κ1) is 28.5. The average molecular weight is 605 g/mol. The van der Waals surface area contributed by atoms with Gasteiger partial charge in [-0.1, -0.05) is 30.0 Å². The van der Waals surface area contributed by atoms with Gasteiger partial charge in [-0.05, 0) is 47.7 Å². The highest BCUT2D eigenvalue weighted by Gasteiger charge is 2.33. The van der Waals surface area contributed by atoms with E-state index in [-0.39, 0.29) is 47.8 Å². The van der Waals surface area contributed by atoms with Crippen molar-refractivity contribution in [3.05, 3.63) is 75.4 Å². The number of amides is 2. The molecule has 0 saturated heterocycles. The fourth-order valence-electron chi connectivity index (χ4n) is 4.12. The molecule has 0 unspecified atom stereocenters. The van der Waals surface area contributed by atoms with Crippen LogP contribution < -0.4 is 25.7 Å². The molecule has 1 aliphatic heterocycles. The van der Waals surface area contributed by atoms with Crippen molar-refractivity contribution in [3.8, 4) is 11.5 Å². The lowest BCUT2D eigenvalue weighted by molar-refractivity contribution is -0.137. The second-order valence-corrected chi connectivity index (χ2v) is 10.8. The van der Waals surface area contributed by atoms with Gasteiger partial charge in [0.15, 0.2) is 16.7 Å². The van der Waals surface area contributed by atoms with Gasteiger partial charge in [0.25, 0.3) is 5.56 Å². The number of anilines is 1. The van der Waals surface area contributed by atoms with Crippen molar-refractivity contribution in [3.63, 3.8) is 0 Å². The number of rotatable bonds is 10. The van der Waals surface area contributed by atoms with Gasteiger partial charge in [-0.2, -0.15) is 13.2 Å². The van der Waals surface area contributed by atoms with Crippen LogP contribution in [-0.4, -0.2) is 33.9 Å². The summed E-state index contributed by atoms with van der Waals surface area (Å²) in [6.07, 6.45) is -4.16. The quantitative estimate of drug-likeness (QED) is 0.193. The molecule has 0 aliphatic carbocycles. The first-order valence-corrected chi connectivity index (χ1v) is 14.3. The summed E-state index contributed by atoms with van der Waals surface area (Å²) in [5, 5.41) is 7.09. The van der Waals surface area contributed by atoms with E-state index in [4.69, 9.17) is 9.47 Å². The molecule has 3 heterocycles. The number of aromatic nitrogens is 2. The predicted octanol–water partition coefficient (Wildman–Crippen LogP) is 5.03. The van der Waals surface area contributed by atoms with Crippen LogP contribution in [-0.2, 0) is 28.9 Å². The van der Waals surface area contributed by atoms with E-state index in [1.165, 1.54) is 34.1 Å². The van der Waals surface area contributed by atoms with Crippen LogP contribution in [0.3, 0.4) is 0 Å². The van der Waals surface area contributed by atoms with Gasteiger partial charge in [0.1, 0.15) is 4.70 Å². The molecular weight excluding hydrogens is 581 g/mol. The van der Waals surface area contributed by atoms with E-state index in [1.807, 2.05) is 6.07 Å². The number of nitrogens with zero attached hydrogens (tertiary/aromatic N) is 2. The number of fused-ring (bicyclic) bond motifs is 2. The lowest BCUT2D eigenvalue weighted by Crippen LogP contribution is -2.26. The van der Waals surface area contributed by atoms with Crippen LogP contribution in [0.25, 0.3) is 10.2 Å². The zero-order valence-corrected chi connectivity index (χ0v) is 23.0. The maximum Gasteiger partial charge on any atom is 0.418 e. The summed E-state index contributed by atoms with van der Waals surface area (Å²) in [6.45, 7) is 0.622. The van der Waals surface area contributed by atoms with E-state index in [2.05, 4.69) is 15.6 Å². The monoisotopic (exact) mass is 604 g/mol. The van der Waals surface area contributed by atoms with Gasteiger partial charge in [0.2, 0.25) is 18.6 Å². The highest BCUT2D eigenvalue weighted by atomic mass is 32.2. The summed E-state index contributed by atoms with van der Waals surface area (Å²) in [5.74, 6) is 0.109. The van der Waals surface area contributed by atoms with Crippen LogP contribution in [0.1, 0.15) is 24.0 Å². The highest BCUT2D eigenvalue weighted by Crippen LogP contribution is 2.35. The van der Waals surface area contributed by atoms with Crippen LogP contribution in [0.4, 0.5) is 18.9 Å². The largest absolute Gasteiger partial charge is 0.454 e. The maximum absolute atomic E-state index is 13.3. The zero-order valence-electron chi connectivity index (χ0n) is 21.3. The Hall–Kier alpha value is -4.04. The summed E-state index contributed by atoms with van der Waals surface area (Å²) in [6, 6.07) is 11.8. The SMILES string of the molecule is O=C(CCCn1c(SCC(=O)Nc2ccccc2C(F)(F)F)nc2ccsc2c1=O)NCc1ccc2c(c1)OCO2. The molecule has 0 saturated carbocycles. The number of hydrogen-bond donors (Lipinski definition) is 2. The van der Waals surface area contributed by atoms with E-state index in [9.17, 15) is 27.6 Å². The molecule has 2 aromatic heterocycles. The number of ether oxygens (including phenoxy) is 2. The Morgan fingerprint density at radius 1 is 1.07 bits per heavy atom. The van der Waals surface area contributed by atoms with Crippen LogP contribution >= 0.6 is 23.1 Å². The van der Waals surface area contributed by atoms with Crippen molar-refractivity contribution in [2.45, 2.75) is 37.3 Å². The topological polar surface area (TPSA) is 112 Å². The number of carbonyl (C=O) groups is 2. The van der Waals surface area contributed by atoms with Crippen molar-refractivity contribution in [1.29, 1.82) is 0 Å². The van der Waals surface area contributed by atoms with Gasteiger partial charge < -0.3 is 20.1 Å². The molecule has 9 nitrogen and oxygen atoms in total. The van der Waals surface area contributed by atoms with Crippen LogP contribution in [0.2, 0.25) is 0 Å². The predicted molar refractivity (Wildman–Crippen MR) is 148 cm³/mol. The molecule has 1 aliphatic rings. The summed E-state index contributed by atoms with van der Waals surface area (Å²) in [4.78, 5) is 42.7. The molecule has 214 valence electrons. The van der Waals surface area contributed by atoms with Crippen molar-refractivity contribution in [2.24, 2.45) is 0 Å². The molecule has 5 rings (SSSR count). The molecular formula is C27H23F3N4O5S2. The fraction of sp³-hybridized carbons (Fsp3) is 0.259. The molecule has 0 bridgehead atoms. The van der Waals surface area contributed by atoms with Crippen LogP contribution in [0, 0.1) is 0 Å². The third kappa shape index (κ3) is 6.82. The molecule has 0 atom stereocenters. The Morgan fingerprint density at radius 3 is 2.71 bits per heavy atom. The molecule has 14 heteroatoms. The van der Waals surface area contributed by atoms with Crippen LogP contribution in [0.5, 0.6) is 11.5 Å². The first-order chi connectivity index (χ1) is 19.7. The summed E-state index contributed by atoms with van der Waals surface area (Å²) in [5.41, 5.74) is -0.305. The number of carbonyl (C=O) groups excluding carboxylic acids is 2. The Bertz CT molecular complexity index is 1650. The van der Waals surface area contributed by atoms with Gasteiger partial charge in [0, 0.05) is 19.5 Å². The van der Waals surface area contributed by atoms with Crippen molar-refractivity contribution >= 4 is 50.8 Å².